The number of rotatable bonds is 5. The second kappa shape index (κ2) is 5.69. The van der Waals surface area contributed by atoms with E-state index >= 15 is 0 Å². The van der Waals surface area contributed by atoms with E-state index in [2.05, 4.69) is 27.3 Å². The number of aryl methyl sites for hydroxylation is 3. The van der Waals surface area contributed by atoms with Crippen LogP contribution in [0.4, 0.5) is 11.5 Å². The molecule has 2 aromatic rings. The molecule has 2 rings (SSSR count). The molecule has 6 heteroatoms. The maximum Gasteiger partial charge on any atom is 0.148 e. The van der Waals surface area contributed by atoms with Crippen molar-refractivity contribution in [3.8, 4) is 0 Å². The Morgan fingerprint density at radius 1 is 1.37 bits per heavy atom. The Balaban J connectivity index is 2.14. The second-order valence-corrected chi connectivity index (χ2v) is 4.52. The van der Waals surface area contributed by atoms with Gasteiger partial charge in [0.2, 0.25) is 0 Å². The number of anilines is 2. The summed E-state index contributed by atoms with van der Waals surface area (Å²) in [6, 6.07) is 1.89. The topological polar surface area (TPSA) is 81.7 Å². The van der Waals surface area contributed by atoms with Crippen molar-refractivity contribution in [3.05, 3.63) is 29.5 Å². The first-order chi connectivity index (χ1) is 9.11. The standard InChI is InChI=1S/C13H20N6/c1-4-7-19-13(12(14)9(2)18-19)16-8-11-5-6-15-10(3)17-11/h5-6,16H,4,7-8,14H2,1-3H3. The molecule has 0 fully saturated rings. The zero-order chi connectivity index (χ0) is 13.8. The van der Waals surface area contributed by atoms with E-state index in [1.165, 1.54) is 0 Å². The molecule has 102 valence electrons. The average molecular weight is 260 g/mol. The highest BCUT2D eigenvalue weighted by Gasteiger charge is 2.11. The molecule has 0 bridgehead atoms. The molecule has 6 nitrogen and oxygen atoms in total. The van der Waals surface area contributed by atoms with E-state index in [9.17, 15) is 0 Å². The highest BCUT2D eigenvalue weighted by Crippen LogP contribution is 2.22. The first-order valence-electron chi connectivity index (χ1n) is 6.47. The van der Waals surface area contributed by atoms with Gasteiger partial charge in [-0.05, 0) is 26.3 Å². The molecule has 0 spiro atoms. The Labute approximate surface area is 113 Å². The van der Waals surface area contributed by atoms with Crippen LogP contribution < -0.4 is 11.1 Å². The van der Waals surface area contributed by atoms with Crippen molar-refractivity contribution in [3.63, 3.8) is 0 Å². The fraction of sp³-hybridized carbons (Fsp3) is 0.462. The van der Waals surface area contributed by atoms with Crippen LogP contribution in [-0.4, -0.2) is 19.7 Å². The predicted octanol–water partition coefficient (Wildman–Crippen LogP) is 1.89. The number of hydrogen-bond acceptors (Lipinski definition) is 5. The maximum absolute atomic E-state index is 6.05. The first-order valence-corrected chi connectivity index (χ1v) is 6.47. The third-order valence-corrected chi connectivity index (χ3v) is 2.88. The van der Waals surface area contributed by atoms with Gasteiger partial charge in [-0.15, -0.1) is 0 Å². The van der Waals surface area contributed by atoms with Crippen molar-refractivity contribution in [2.24, 2.45) is 0 Å². The summed E-state index contributed by atoms with van der Waals surface area (Å²) in [5, 5.41) is 7.74. The van der Waals surface area contributed by atoms with Crippen molar-refractivity contribution >= 4 is 11.5 Å². The Bertz CT molecular complexity index is 560. The average Bonchev–Trinajstić information content (AvgIpc) is 2.63. The number of nitrogens with zero attached hydrogens (tertiary/aromatic N) is 4. The van der Waals surface area contributed by atoms with Gasteiger partial charge >= 0.3 is 0 Å². The summed E-state index contributed by atoms with van der Waals surface area (Å²) in [6.07, 6.45) is 2.78. The molecule has 0 unspecified atom stereocenters. The Hall–Kier alpha value is -2.11. The van der Waals surface area contributed by atoms with Crippen LogP contribution in [0.3, 0.4) is 0 Å². The van der Waals surface area contributed by atoms with E-state index in [1.807, 2.05) is 24.6 Å². The van der Waals surface area contributed by atoms with Gasteiger partial charge in [0.1, 0.15) is 11.6 Å². The van der Waals surface area contributed by atoms with Gasteiger partial charge in [0.15, 0.2) is 0 Å². The summed E-state index contributed by atoms with van der Waals surface area (Å²) >= 11 is 0. The van der Waals surface area contributed by atoms with Gasteiger partial charge in [-0.3, -0.25) is 0 Å². The Kier molecular flexibility index (Phi) is 3.99. The van der Waals surface area contributed by atoms with Crippen molar-refractivity contribution in [2.45, 2.75) is 40.3 Å². The fourth-order valence-electron chi connectivity index (χ4n) is 1.93. The van der Waals surface area contributed by atoms with E-state index in [4.69, 9.17) is 5.73 Å². The van der Waals surface area contributed by atoms with E-state index in [1.54, 1.807) is 6.20 Å². The summed E-state index contributed by atoms with van der Waals surface area (Å²) in [4.78, 5) is 8.44. The van der Waals surface area contributed by atoms with Gasteiger partial charge in [0.05, 0.1) is 23.6 Å². The minimum atomic E-state index is 0.613. The third-order valence-electron chi connectivity index (χ3n) is 2.88. The normalized spacial score (nSPS) is 10.7. The molecular weight excluding hydrogens is 240 g/mol. The lowest BCUT2D eigenvalue weighted by molar-refractivity contribution is 0.602. The molecule has 0 aliphatic carbocycles. The smallest absolute Gasteiger partial charge is 0.148 e. The van der Waals surface area contributed by atoms with Crippen molar-refractivity contribution < 1.29 is 0 Å². The number of nitrogens with one attached hydrogen (secondary N) is 1. The number of nitrogens with two attached hydrogens (primary N) is 1. The van der Waals surface area contributed by atoms with Crippen molar-refractivity contribution in [1.82, 2.24) is 19.7 Å². The Morgan fingerprint density at radius 2 is 2.16 bits per heavy atom. The minimum Gasteiger partial charge on any atom is -0.394 e. The van der Waals surface area contributed by atoms with Gasteiger partial charge in [-0.2, -0.15) is 5.10 Å². The van der Waals surface area contributed by atoms with Crippen molar-refractivity contribution in [1.29, 1.82) is 0 Å². The molecule has 2 aromatic heterocycles. The summed E-state index contributed by atoms with van der Waals surface area (Å²) < 4.78 is 1.92. The second-order valence-electron chi connectivity index (χ2n) is 4.52. The minimum absolute atomic E-state index is 0.613. The molecule has 0 saturated heterocycles. The molecule has 0 aromatic carbocycles. The molecule has 0 radical (unpaired) electrons. The molecule has 0 aliphatic rings. The lowest BCUT2D eigenvalue weighted by atomic mass is 10.3. The molecule has 0 amide bonds. The maximum atomic E-state index is 6.05. The molecule has 0 aliphatic heterocycles. The van der Waals surface area contributed by atoms with Gasteiger partial charge < -0.3 is 11.1 Å². The van der Waals surface area contributed by atoms with E-state index in [0.717, 1.165) is 36.0 Å². The van der Waals surface area contributed by atoms with Gasteiger partial charge in [0, 0.05) is 12.7 Å². The van der Waals surface area contributed by atoms with Crippen LogP contribution in [0.5, 0.6) is 0 Å². The summed E-state index contributed by atoms with van der Waals surface area (Å²) in [6.45, 7) is 7.38. The highest BCUT2D eigenvalue weighted by atomic mass is 15.3. The van der Waals surface area contributed by atoms with E-state index in [0.29, 0.717) is 12.2 Å². The van der Waals surface area contributed by atoms with Crippen LogP contribution >= 0.6 is 0 Å². The molecule has 19 heavy (non-hydrogen) atoms. The molecule has 3 N–H and O–H groups in total. The lowest BCUT2D eigenvalue weighted by Crippen LogP contribution is -2.10. The zero-order valence-electron chi connectivity index (χ0n) is 11.6. The monoisotopic (exact) mass is 260 g/mol. The number of nitrogen functional groups attached to an aromatic ring is 1. The summed E-state index contributed by atoms with van der Waals surface area (Å²) in [5.41, 5.74) is 8.55. The van der Waals surface area contributed by atoms with Gasteiger partial charge in [-0.25, -0.2) is 14.6 Å². The van der Waals surface area contributed by atoms with Crippen LogP contribution in [0.1, 0.15) is 30.6 Å². The van der Waals surface area contributed by atoms with E-state index in [-0.39, 0.29) is 0 Å². The molecule has 0 saturated carbocycles. The SMILES string of the molecule is CCCn1nc(C)c(N)c1NCc1ccnc(C)n1. The predicted molar refractivity (Wildman–Crippen MR) is 75.8 cm³/mol. The third kappa shape index (κ3) is 3.01. The largest absolute Gasteiger partial charge is 0.394 e. The fourth-order valence-corrected chi connectivity index (χ4v) is 1.93. The summed E-state index contributed by atoms with van der Waals surface area (Å²) in [7, 11) is 0. The van der Waals surface area contributed by atoms with Gasteiger partial charge in [-0.1, -0.05) is 6.92 Å². The van der Waals surface area contributed by atoms with Crippen LogP contribution in [-0.2, 0) is 13.1 Å². The molecule has 2 heterocycles. The zero-order valence-corrected chi connectivity index (χ0v) is 11.6. The highest BCUT2D eigenvalue weighted by molar-refractivity contribution is 5.64. The number of aromatic nitrogens is 4. The number of hydrogen-bond donors (Lipinski definition) is 2. The van der Waals surface area contributed by atoms with Crippen molar-refractivity contribution in [2.75, 3.05) is 11.1 Å². The van der Waals surface area contributed by atoms with Crippen LogP contribution in [0.15, 0.2) is 12.3 Å². The molecular formula is C13H20N6. The van der Waals surface area contributed by atoms with E-state index < -0.39 is 0 Å². The Morgan fingerprint density at radius 3 is 2.84 bits per heavy atom. The first kappa shape index (κ1) is 13.3. The molecule has 0 atom stereocenters. The lowest BCUT2D eigenvalue weighted by Gasteiger charge is -2.09. The van der Waals surface area contributed by atoms with Crippen LogP contribution in [0.2, 0.25) is 0 Å². The quantitative estimate of drug-likeness (QED) is 0.858. The van der Waals surface area contributed by atoms with Gasteiger partial charge in [0.25, 0.3) is 0 Å². The summed E-state index contributed by atoms with van der Waals surface area (Å²) in [5.74, 6) is 1.64. The van der Waals surface area contributed by atoms with Crippen LogP contribution in [0.25, 0.3) is 0 Å². The van der Waals surface area contributed by atoms with Crippen LogP contribution in [0, 0.1) is 13.8 Å².